The van der Waals surface area contributed by atoms with Gasteiger partial charge in [0.2, 0.25) is 0 Å². The predicted molar refractivity (Wildman–Crippen MR) is 71.3 cm³/mol. The Morgan fingerprint density at radius 1 is 1.41 bits per heavy atom. The van der Waals surface area contributed by atoms with Gasteiger partial charge < -0.3 is 16.6 Å². The fourth-order valence-electron chi connectivity index (χ4n) is 0.655. The van der Waals surface area contributed by atoms with Crippen LogP contribution in [0.5, 0.6) is 0 Å². The smallest absolute Gasteiger partial charge is 0.320 e. The highest BCUT2D eigenvalue weighted by Crippen LogP contribution is 2.01. The average Bonchev–Trinajstić information content (AvgIpc) is 2.28. The highest BCUT2D eigenvalue weighted by Gasteiger charge is 1.99. The second-order valence-corrected chi connectivity index (χ2v) is 3.55. The van der Waals surface area contributed by atoms with Crippen molar-refractivity contribution in [3.63, 3.8) is 0 Å². The number of anilines is 1. The molecular formula is C10H16N4O2S. The number of para-hydroxylation sites is 1. The fraction of sp³-hybridized carbons (Fsp3) is 0.200. The number of hydrogen-bond donors (Lipinski definition) is 5. The molecule has 1 rings (SSSR count). The van der Waals surface area contributed by atoms with Crippen LogP contribution in [0.4, 0.5) is 5.69 Å². The second kappa shape index (κ2) is 8.31. The van der Waals surface area contributed by atoms with Crippen LogP contribution in [0.3, 0.4) is 0 Å². The molecule has 6 nitrogen and oxygen atoms in total. The number of hydrogen-bond acceptors (Lipinski definition) is 4. The highest BCUT2D eigenvalue weighted by atomic mass is 32.1. The van der Waals surface area contributed by atoms with Gasteiger partial charge in [0.15, 0.2) is 5.11 Å². The van der Waals surface area contributed by atoms with Gasteiger partial charge in [-0.15, -0.1) is 0 Å². The first-order chi connectivity index (χ1) is 7.93. The van der Waals surface area contributed by atoms with E-state index in [1.54, 1.807) is 0 Å². The molecule has 94 valence electrons. The molecule has 0 fully saturated rings. The lowest BCUT2D eigenvalue weighted by molar-refractivity contribution is -0.138. The van der Waals surface area contributed by atoms with Crippen LogP contribution in [-0.2, 0) is 4.79 Å². The minimum absolute atomic E-state index is 0.230. The minimum atomic E-state index is -0.963. The molecule has 0 radical (unpaired) electrons. The van der Waals surface area contributed by atoms with Crippen molar-refractivity contribution in [2.75, 3.05) is 5.43 Å². The van der Waals surface area contributed by atoms with Gasteiger partial charge in [-0.05, 0) is 31.3 Å². The van der Waals surface area contributed by atoms with Crippen LogP contribution >= 0.6 is 12.2 Å². The zero-order valence-electron chi connectivity index (χ0n) is 9.38. The number of carboxylic acid groups (broad SMARTS) is 1. The third kappa shape index (κ3) is 9.09. The van der Waals surface area contributed by atoms with Gasteiger partial charge in [0.05, 0.1) is 5.69 Å². The molecule has 0 spiro atoms. The fourth-order valence-corrected chi connectivity index (χ4v) is 0.706. The number of thiocarbonyl (C=S) groups is 1. The molecule has 0 heterocycles. The molecule has 17 heavy (non-hydrogen) atoms. The van der Waals surface area contributed by atoms with Gasteiger partial charge in [-0.2, -0.15) is 0 Å². The predicted octanol–water partition coefficient (Wildman–Crippen LogP) is 0.265. The molecule has 0 saturated carbocycles. The van der Waals surface area contributed by atoms with Gasteiger partial charge in [0, 0.05) is 0 Å². The van der Waals surface area contributed by atoms with E-state index < -0.39 is 12.0 Å². The summed E-state index contributed by atoms with van der Waals surface area (Å²) in [7, 11) is 0. The van der Waals surface area contributed by atoms with Crippen molar-refractivity contribution in [2.45, 2.75) is 13.0 Å². The van der Waals surface area contributed by atoms with Crippen molar-refractivity contribution in [1.29, 1.82) is 0 Å². The Hall–Kier alpha value is -1.86. The van der Waals surface area contributed by atoms with E-state index in [4.69, 9.17) is 16.6 Å². The average molecular weight is 256 g/mol. The zero-order chi connectivity index (χ0) is 13.3. The molecule has 0 saturated heterocycles. The molecule has 0 bridgehead atoms. The monoisotopic (exact) mass is 256 g/mol. The number of hydrazine groups is 1. The lowest BCUT2D eigenvalue weighted by Gasteiger charge is -2.05. The number of nitrogens with two attached hydrogens (primary N) is 2. The number of carboxylic acids is 1. The van der Waals surface area contributed by atoms with Crippen LogP contribution < -0.4 is 22.3 Å². The molecule has 1 aromatic carbocycles. The highest BCUT2D eigenvalue weighted by molar-refractivity contribution is 7.80. The van der Waals surface area contributed by atoms with E-state index in [1.165, 1.54) is 6.92 Å². The summed E-state index contributed by atoms with van der Waals surface area (Å²) in [6.07, 6.45) is 0. The Labute approximate surface area is 105 Å². The SMILES string of the molecule is CC(N)C(=O)O.NC(=S)NNc1ccccc1. The molecule has 1 unspecified atom stereocenters. The van der Waals surface area contributed by atoms with E-state index in [-0.39, 0.29) is 5.11 Å². The van der Waals surface area contributed by atoms with E-state index in [2.05, 4.69) is 23.1 Å². The summed E-state index contributed by atoms with van der Waals surface area (Å²) in [5.74, 6) is -0.963. The molecule has 1 aromatic rings. The van der Waals surface area contributed by atoms with Crippen LogP contribution in [0.25, 0.3) is 0 Å². The van der Waals surface area contributed by atoms with Crippen LogP contribution in [0.15, 0.2) is 30.3 Å². The first-order valence-electron chi connectivity index (χ1n) is 4.78. The van der Waals surface area contributed by atoms with E-state index >= 15 is 0 Å². The number of rotatable bonds is 3. The lowest BCUT2D eigenvalue weighted by Crippen LogP contribution is -2.33. The number of benzene rings is 1. The standard InChI is InChI=1S/C7H9N3S.C3H7NO2/c8-7(11)10-9-6-4-2-1-3-5-6;1-2(4)3(5)6/h1-5,9H,(H3,8,10,11);2H,4H2,1H3,(H,5,6). The quantitative estimate of drug-likeness (QED) is 0.389. The molecule has 0 aromatic heterocycles. The van der Waals surface area contributed by atoms with Crippen LogP contribution in [-0.4, -0.2) is 22.2 Å². The molecule has 1 atom stereocenters. The van der Waals surface area contributed by atoms with E-state index in [1.807, 2.05) is 30.3 Å². The summed E-state index contributed by atoms with van der Waals surface area (Å²) in [6.45, 7) is 1.42. The maximum Gasteiger partial charge on any atom is 0.320 e. The summed E-state index contributed by atoms with van der Waals surface area (Å²) in [4.78, 5) is 9.57. The summed E-state index contributed by atoms with van der Waals surface area (Å²) in [6, 6.07) is 8.86. The Bertz CT molecular complexity index is 357. The molecule has 0 aliphatic carbocycles. The summed E-state index contributed by atoms with van der Waals surface area (Å²) in [5, 5.41) is 8.10. The largest absolute Gasteiger partial charge is 0.480 e. The molecule has 0 aliphatic heterocycles. The Morgan fingerprint density at radius 2 is 1.88 bits per heavy atom. The second-order valence-electron chi connectivity index (χ2n) is 3.11. The van der Waals surface area contributed by atoms with E-state index in [0.717, 1.165) is 5.69 Å². The molecule has 7 N–H and O–H groups in total. The summed E-state index contributed by atoms with van der Waals surface area (Å²) in [5.41, 5.74) is 16.4. The van der Waals surface area contributed by atoms with E-state index in [9.17, 15) is 4.79 Å². The lowest BCUT2D eigenvalue weighted by atomic mass is 10.3. The van der Waals surface area contributed by atoms with Crippen LogP contribution in [0.2, 0.25) is 0 Å². The van der Waals surface area contributed by atoms with Crippen molar-refractivity contribution in [3.05, 3.63) is 30.3 Å². The van der Waals surface area contributed by atoms with Gasteiger partial charge >= 0.3 is 5.97 Å². The minimum Gasteiger partial charge on any atom is -0.480 e. The molecular weight excluding hydrogens is 240 g/mol. The van der Waals surface area contributed by atoms with Crippen molar-refractivity contribution in [1.82, 2.24) is 5.43 Å². The van der Waals surface area contributed by atoms with Gasteiger partial charge in [-0.1, -0.05) is 18.2 Å². The normalized spacial score (nSPS) is 10.5. The Balaban J connectivity index is 0.000000366. The molecule has 0 amide bonds. The van der Waals surface area contributed by atoms with Gasteiger partial charge in [0.1, 0.15) is 6.04 Å². The van der Waals surface area contributed by atoms with Gasteiger partial charge in [0.25, 0.3) is 0 Å². The Kier molecular flexibility index (Phi) is 7.40. The molecule has 0 aliphatic rings. The van der Waals surface area contributed by atoms with Gasteiger partial charge in [-0.3, -0.25) is 15.6 Å². The van der Waals surface area contributed by atoms with Crippen molar-refractivity contribution in [2.24, 2.45) is 11.5 Å². The Morgan fingerprint density at radius 3 is 2.24 bits per heavy atom. The first kappa shape index (κ1) is 15.1. The van der Waals surface area contributed by atoms with Crippen molar-refractivity contribution < 1.29 is 9.90 Å². The molecule has 7 heteroatoms. The van der Waals surface area contributed by atoms with Crippen molar-refractivity contribution >= 4 is 29.0 Å². The third-order valence-corrected chi connectivity index (χ3v) is 1.60. The van der Waals surface area contributed by atoms with E-state index in [0.29, 0.717) is 0 Å². The number of aliphatic carboxylic acids is 1. The maximum atomic E-state index is 9.57. The summed E-state index contributed by atoms with van der Waals surface area (Å²) < 4.78 is 0. The topological polar surface area (TPSA) is 113 Å². The summed E-state index contributed by atoms with van der Waals surface area (Å²) >= 11 is 4.60. The van der Waals surface area contributed by atoms with Crippen molar-refractivity contribution in [3.8, 4) is 0 Å². The zero-order valence-corrected chi connectivity index (χ0v) is 10.2. The van der Waals surface area contributed by atoms with Crippen LogP contribution in [0, 0.1) is 0 Å². The number of carbonyl (C=O) groups is 1. The maximum absolute atomic E-state index is 9.57. The van der Waals surface area contributed by atoms with Gasteiger partial charge in [-0.25, -0.2) is 0 Å². The first-order valence-corrected chi connectivity index (χ1v) is 5.19. The third-order valence-electron chi connectivity index (χ3n) is 1.49. The van der Waals surface area contributed by atoms with Crippen LogP contribution in [0.1, 0.15) is 6.92 Å². The number of nitrogens with one attached hydrogen (secondary N) is 2.